The van der Waals surface area contributed by atoms with Gasteiger partial charge in [0.15, 0.2) is 0 Å². The summed E-state index contributed by atoms with van der Waals surface area (Å²) in [5.74, 6) is -0.785. The summed E-state index contributed by atoms with van der Waals surface area (Å²) in [6.45, 7) is 1.24. The fourth-order valence-corrected chi connectivity index (χ4v) is 7.40. The van der Waals surface area contributed by atoms with Gasteiger partial charge in [-0.25, -0.2) is 0 Å². The number of carbonyl (C=O) groups is 2. The molecule has 3 aromatic rings. The zero-order chi connectivity index (χ0) is 27.3. The Balaban J connectivity index is 1.60. The number of hydrogen-bond acceptors (Lipinski definition) is 4. The highest BCUT2D eigenvalue weighted by molar-refractivity contribution is 14.1. The maximum absolute atomic E-state index is 14.4. The Morgan fingerprint density at radius 3 is 2.51 bits per heavy atom. The number of amides is 2. The van der Waals surface area contributed by atoms with E-state index in [0.29, 0.717) is 51.4 Å². The minimum absolute atomic E-state index is 0.0409. The van der Waals surface area contributed by atoms with E-state index in [1.165, 1.54) is 0 Å². The number of alkyl halides is 1. The van der Waals surface area contributed by atoms with Crippen LogP contribution in [0.3, 0.4) is 0 Å². The van der Waals surface area contributed by atoms with Gasteiger partial charge in [0, 0.05) is 43.6 Å². The maximum Gasteiger partial charge on any atom is 0.239 e. The van der Waals surface area contributed by atoms with Crippen molar-refractivity contribution in [2.75, 3.05) is 18.5 Å². The summed E-state index contributed by atoms with van der Waals surface area (Å²) in [6, 6.07) is 17.5. The lowest BCUT2D eigenvalue weighted by Gasteiger charge is -2.48. The highest BCUT2D eigenvalue weighted by Gasteiger charge is 2.64. The molecule has 10 heteroatoms. The Labute approximate surface area is 254 Å². The van der Waals surface area contributed by atoms with E-state index >= 15 is 0 Å². The lowest BCUT2D eigenvalue weighted by atomic mass is 9.59. The first-order valence-electron chi connectivity index (χ1n) is 12.6. The number of ether oxygens (including phenoxy) is 2. The van der Waals surface area contributed by atoms with Crippen molar-refractivity contribution >= 4 is 74.9 Å². The van der Waals surface area contributed by atoms with Crippen LogP contribution in [0, 0.1) is 3.57 Å². The van der Waals surface area contributed by atoms with Gasteiger partial charge in [0.1, 0.15) is 22.6 Å². The van der Waals surface area contributed by atoms with Crippen molar-refractivity contribution in [2.45, 2.75) is 41.7 Å². The van der Waals surface area contributed by atoms with E-state index in [2.05, 4.69) is 33.2 Å². The molecule has 3 aliphatic heterocycles. The minimum atomic E-state index is -1.32. The fraction of sp³-hybridized carbons (Fsp3) is 0.310. The molecule has 6 rings (SSSR count). The molecule has 0 bridgehead atoms. The van der Waals surface area contributed by atoms with Crippen LogP contribution in [0.4, 0.5) is 5.69 Å². The predicted octanol–water partition coefficient (Wildman–Crippen LogP) is 6.61. The van der Waals surface area contributed by atoms with E-state index in [1.54, 1.807) is 30.3 Å². The standard InChI is InChI=1S/C29H24Cl3IN2O4/c30-16-3-1-2-15(12-16)24-25(32)27(36)35-26(29(24)21-6-4-17(31)13-22(21)34-28(29)37)20-14-18(33)5-7-23(20)39-19-8-10-38-11-9-19/h1-7,12-14,19,24-26H,8-11H2,(H,34,37)(H,35,36)/t24-,25+,26-,29+/m1/s1. The topological polar surface area (TPSA) is 76.7 Å². The normalized spacial score (nSPS) is 26.7. The molecule has 1 spiro atoms. The molecule has 0 radical (unpaired) electrons. The van der Waals surface area contributed by atoms with Gasteiger partial charge in [0.2, 0.25) is 11.8 Å². The highest BCUT2D eigenvalue weighted by atomic mass is 127. The molecular weight excluding hydrogens is 674 g/mol. The lowest BCUT2D eigenvalue weighted by molar-refractivity contribution is -0.131. The van der Waals surface area contributed by atoms with Crippen LogP contribution in [0.15, 0.2) is 60.7 Å². The van der Waals surface area contributed by atoms with Crippen molar-refractivity contribution in [3.05, 3.63) is 91.0 Å². The molecule has 6 nitrogen and oxygen atoms in total. The van der Waals surface area contributed by atoms with Gasteiger partial charge in [-0.2, -0.15) is 0 Å². The molecule has 0 aliphatic carbocycles. The average molecular weight is 698 g/mol. The Morgan fingerprint density at radius 2 is 1.74 bits per heavy atom. The third-order valence-electron chi connectivity index (χ3n) is 7.78. The van der Waals surface area contributed by atoms with E-state index in [0.717, 1.165) is 16.4 Å². The molecule has 0 unspecified atom stereocenters. The van der Waals surface area contributed by atoms with Crippen LogP contribution in [-0.4, -0.2) is 36.5 Å². The predicted molar refractivity (Wildman–Crippen MR) is 160 cm³/mol. The Kier molecular flexibility index (Phi) is 7.48. The number of anilines is 1. The number of halogens is 4. The zero-order valence-electron chi connectivity index (χ0n) is 20.6. The largest absolute Gasteiger partial charge is 0.490 e. The van der Waals surface area contributed by atoms with Crippen LogP contribution in [0.1, 0.15) is 41.5 Å². The third kappa shape index (κ3) is 4.70. The number of piperidine rings is 1. The molecule has 2 saturated heterocycles. The van der Waals surface area contributed by atoms with E-state index in [4.69, 9.17) is 44.3 Å². The summed E-state index contributed by atoms with van der Waals surface area (Å²) in [5, 5.41) is 6.08. The molecule has 39 heavy (non-hydrogen) atoms. The summed E-state index contributed by atoms with van der Waals surface area (Å²) >= 11 is 21.9. The highest BCUT2D eigenvalue weighted by Crippen LogP contribution is 2.59. The lowest BCUT2D eigenvalue weighted by Crippen LogP contribution is -2.61. The second-order valence-electron chi connectivity index (χ2n) is 10.0. The SMILES string of the molecule is O=C1N[C@H](c2cc(I)ccc2OC2CCOCC2)[C@@]2(C(=O)Nc3cc(Cl)ccc32)[C@H](c2cccc(Cl)c2)[C@@H]1Cl. The van der Waals surface area contributed by atoms with Crippen LogP contribution in [0.5, 0.6) is 5.75 Å². The van der Waals surface area contributed by atoms with Gasteiger partial charge in [-0.15, -0.1) is 11.6 Å². The van der Waals surface area contributed by atoms with Crippen LogP contribution in [-0.2, 0) is 19.7 Å². The molecule has 4 atom stereocenters. The Hall–Kier alpha value is -2.04. The number of benzene rings is 3. The molecule has 202 valence electrons. The molecule has 0 aromatic heterocycles. The van der Waals surface area contributed by atoms with Crippen molar-refractivity contribution in [3.63, 3.8) is 0 Å². The number of fused-ring (bicyclic) bond motifs is 2. The first-order chi connectivity index (χ1) is 18.8. The molecule has 2 fully saturated rings. The summed E-state index contributed by atoms with van der Waals surface area (Å²) in [7, 11) is 0. The average Bonchev–Trinajstić information content (AvgIpc) is 3.19. The monoisotopic (exact) mass is 696 g/mol. The van der Waals surface area contributed by atoms with Crippen LogP contribution < -0.4 is 15.4 Å². The zero-order valence-corrected chi connectivity index (χ0v) is 25.0. The molecule has 3 heterocycles. The summed E-state index contributed by atoms with van der Waals surface area (Å²) < 4.78 is 13.0. The number of rotatable bonds is 4. The summed E-state index contributed by atoms with van der Waals surface area (Å²) in [6.07, 6.45) is 1.47. The Bertz CT molecular complexity index is 1460. The summed E-state index contributed by atoms with van der Waals surface area (Å²) in [4.78, 5) is 27.9. The fourth-order valence-electron chi connectivity index (χ4n) is 6.10. The van der Waals surface area contributed by atoms with Gasteiger partial charge in [0.25, 0.3) is 0 Å². The van der Waals surface area contributed by atoms with Gasteiger partial charge >= 0.3 is 0 Å². The molecular formula is C29H24Cl3IN2O4. The molecule has 0 saturated carbocycles. The van der Waals surface area contributed by atoms with Crippen molar-refractivity contribution in [1.29, 1.82) is 0 Å². The van der Waals surface area contributed by atoms with Crippen LogP contribution in [0.2, 0.25) is 10.0 Å². The molecule has 2 amide bonds. The van der Waals surface area contributed by atoms with E-state index < -0.39 is 22.8 Å². The van der Waals surface area contributed by atoms with Gasteiger partial charge in [-0.3, -0.25) is 9.59 Å². The smallest absolute Gasteiger partial charge is 0.239 e. The second kappa shape index (κ2) is 10.7. The number of nitrogens with one attached hydrogen (secondary N) is 2. The van der Waals surface area contributed by atoms with E-state index in [9.17, 15) is 9.59 Å². The van der Waals surface area contributed by atoms with E-state index in [-0.39, 0.29) is 17.9 Å². The maximum atomic E-state index is 14.4. The van der Waals surface area contributed by atoms with Gasteiger partial charge in [-0.05, 0) is 76.2 Å². The van der Waals surface area contributed by atoms with Gasteiger partial charge in [0.05, 0.1) is 19.3 Å². The Morgan fingerprint density at radius 1 is 0.974 bits per heavy atom. The van der Waals surface area contributed by atoms with Crippen molar-refractivity contribution in [3.8, 4) is 5.75 Å². The number of hydrogen-bond donors (Lipinski definition) is 2. The van der Waals surface area contributed by atoms with Crippen molar-refractivity contribution in [1.82, 2.24) is 5.32 Å². The quantitative estimate of drug-likeness (QED) is 0.238. The van der Waals surface area contributed by atoms with Gasteiger partial charge in [-0.1, -0.05) is 41.4 Å². The third-order valence-corrected chi connectivity index (χ3v) is 9.37. The molecule has 3 aliphatic rings. The van der Waals surface area contributed by atoms with Crippen molar-refractivity contribution < 1.29 is 19.1 Å². The molecule has 3 aromatic carbocycles. The second-order valence-corrected chi connectivity index (χ2v) is 12.6. The molecule has 2 N–H and O–H groups in total. The summed E-state index contributed by atoms with van der Waals surface area (Å²) in [5.41, 5.74) is 1.37. The van der Waals surface area contributed by atoms with E-state index in [1.807, 2.05) is 30.3 Å². The minimum Gasteiger partial charge on any atom is -0.490 e. The van der Waals surface area contributed by atoms with Crippen molar-refractivity contribution in [2.24, 2.45) is 0 Å². The first kappa shape index (κ1) is 27.1. The number of carbonyl (C=O) groups excluding carboxylic acids is 2. The first-order valence-corrected chi connectivity index (χ1v) is 14.9. The van der Waals surface area contributed by atoms with Crippen LogP contribution >= 0.6 is 57.4 Å². The van der Waals surface area contributed by atoms with Gasteiger partial charge < -0.3 is 20.1 Å². The van der Waals surface area contributed by atoms with Crippen LogP contribution in [0.25, 0.3) is 0 Å².